The van der Waals surface area contributed by atoms with E-state index in [0.29, 0.717) is 11.1 Å². The molecule has 1 N–H and O–H groups in total. The molecule has 5 nitrogen and oxygen atoms in total. The average Bonchev–Trinajstić information content (AvgIpc) is 2.62. The van der Waals surface area contributed by atoms with Crippen molar-refractivity contribution in [1.82, 2.24) is 9.88 Å². The molecule has 0 atom stereocenters. The van der Waals surface area contributed by atoms with Crippen LogP contribution in [0.3, 0.4) is 0 Å². The Balaban J connectivity index is 1.54. The molecule has 24 heavy (non-hydrogen) atoms. The number of hydrogen-bond donors (Lipinski definition) is 1. The second-order valence-corrected chi connectivity index (χ2v) is 6.39. The van der Waals surface area contributed by atoms with E-state index < -0.39 is 0 Å². The summed E-state index contributed by atoms with van der Waals surface area (Å²) in [6.45, 7) is 1.46. The molecule has 0 radical (unpaired) electrons. The van der Waals surface area contributed by atoms with Crippen LogP contribution in [0.2, 0.25) is 5.02 Å². The Hall–Kier alpha value is -2.27. The highest BCUT2D eigenvalue weighted by Gasteiger charge is 2.25. The van der Waals surface area contributed by atoms with E-state index in [1.807, 2.05) is 35.2 Å². The lowest BCUT2D eigenvalue weighted by molar-refractivity contribution is 0.194. The number of amides is 2. The second kappa shape index (κ2) is 7.53. The van der Waals surface area contributed by atoms with Gasteiger partial charge in [-0.15, -0.1) is 0 Å². The van der Waals surface area contributed by atoms with E-state index in [9.17, 15) is 4.79 Å². The van der Waals surface area contributed by atoms with Crippen molar-refractivity contribution in [1.29, 1.82) is 0 Å². The fourth-order valence-electron chi connectivity index (χ4n) is 2.97. The highest BCUT2D eigenvalue weighted by Crippen LogP contribution is 2.21. The summed E-state index contributed by atoms with van der Waals surface area (Å²) < 4.78 is 0. The summed E-state index contributed by atoms with van der Waals surface area (Å²) in [6.07, 6.45) is 3.66. The molecule has 3 rings (SSSR count). The van der Waals surface area contributed by atoms with Gasteiger partial charge in [0.15, 0.2) is 0 Å². The number of pyridine rings is 1. The molecule has 0 saturated carbocycles. The van der Waals surface area contributed by atoms with Crippen LogP contribution < -0.4 is 10.2 Å². The first-order chi connectivity index (χ1) is 11.6. The molecule has 1 fully saturated rings. The van der Waals surface area contributed by atoms with Gasteiger partial charge in [0.05, 0.1) is 0 Å². The molecule has 1 aromatic heterocycles. The third-order valence-electron chi connectivity index (χ3n) is 4.39. The topological polar surface area (TPSA) is 48.5 Å². The molecular weight excluding hydrogens is 324 g/mol. The Morgan fingerprint density at radius 2 is 2.04 bits per heavy atom. The van der Waals surface area contributed by atoms with Gasteiger partial charge in [0.2, 0.25) is 0 Å². The minimum absolute atomic E-state index is 0.0730. The standard InChI is InChI=1S/C18H21ClN4O/c1-22(17-7-2-3-10-20-17)16-8-11-23(12-9-16)18(24)21-15-6-4-5-14(19)13-15/h2-7,10,13,16H,8-9,11-12H2,1H3,(H,21,24). The first-order valence-electron chi connectivity index (χ1n) is 8.09. The number of piperidine rings is 1. The predicted molar refractivity (Wildman–Crippen MR) is 97.7 cm³/mol. The molecule has 2 aromatic rings. The van der Waals surface area contributed by atoms with Crippen LogP contribution in [0.4, 0.5) is 16.3 Å². The highest BCUT2D eigenvalue weighted by atomic mass is 35.5. The number of rotatable bonds is 3. The molecule has 126 valence electrons. The molecule has 2 amide bonds. The van der Waals surface area contributed by atoms with Crippen LogP contribution in [0.15, 0.2) is 48.7 Å². The van der Waals surface area contributed by atoms with E-state index in [4.69, 9.17) is 11.6 Å². The van der Waals surface area contributed by atoms with Gasteiger partial charge in [-0.3, -0.25) is 0 Å². The van der Waals surface area contributed by atoms with E-state index in [1.54, 1.807) is 18.3 Å². The van der Waals surface area contributed by atoms with Crippen molar-refractivity contribution >= 4 is 29.1 Å². The minimum Gasteiger partial charge on any atom is -0.357 e. The summed E-state index contributed by atoms with van der Waals surface area (Å²) in [7, 11) is 2.06. The lowest BCUT2D eigenvalue weighted by Gasteiger charge is -2.37. The average molecular weight is 345 g/mol. The van der Waals surface area contributed by atoms with Gasteiger partial charge in [0.1, 0.15) is 5.82 Å². The number of likely N-dealkylation sites (tertiary alicyclic amines) is 1. The van der Waals surface area contributed by atoms with E-state index in [1.165, 1.54) is 0 Å². The van der Waals surface area contributed by atoms with Gasteiger partial charge in [-0.1, -0.05) is 23.7 Å². The summed E-state index contributed by atoms with van der Waals surface area (Å²) in [5.41, 5.74) is 0.722. The maximum atomic E-state index is 12.4. The fraction of sp³-hybridized carbons (Fsp3) is 0.333. The molecule has 0 spiro atoms. The first-order valence-corrected chi connectivity index (χ1v) is 8.46. The van der Waals surface area contributed by atoms with E-state index in [2.05, 4.69) is 22.2 Å². The number of anilines is 2. The highest BCUT2D eigenvalue weighted by molar-refractivity contribution is 6.30. The SMILES string of the molecule is CN(c1ccccn1)C1CCN(C(=O)Nc2cccc(Cl)c2)CC1. The zero-order valence-corrected chi connectivity index (χ0v) is 14.4. The van der Waals surface area contributed by atoms with Crippen LogP contribution >= 0.6 is 11.6 Å². The van der Waals surface area contributed by atoms with Crippen LogP contribution in [-0.4, -0.2) is 42.1 Å². The fourth-order valence-corrected chi connectivity index (χ4v) is 3.16. The third-order valence-corrected chi connectivity index (χ3v) is 4.62. The first kappa shape index (κ1) is 16.6. The number of urea groups is 1. The zero-order valence-electron chi connectivity index (χ0n) is 13.7. The molecule has 0 unspecified atom stereocenters. The van der Waals surface area contributed by atoms with Crippen molar-refractivity contribution in [2.45, 2.75) is 18.9 Å². The molecule has 0 bridgehead atoms. The Morgan fingerprint density at radius 1 is 1.25 bits per heavy atom. The maximum Gasteiger partial charge on any atom is 0.321 e. The van der Waals surface area contributed by atoms with Crippen LogP contribution in [0, 0.1) is 0 Å². The molecular formula is C18H21ClN4O. The van der Waals surface area contributed by atoms with Crippen molar-refractivity contribution in [3.63, 3.8) is 0 Å². The Bertz CT molecular complexity index is 686. The van der Waals surface area contributed by atoms with Crippen molar-refractivity contribution in [3.05, 3.63) is 53.7 Å². The number of benzene rings is 1. The van der Waals surface area contributed by atoms with Gasteiger partial charge in [0.25, 0.3) is 0 Å². The molecule has 1 saturated heterocycles. The number of aromatic nitrogens is 1. The van der Waals surface area contributed by atoms with Crippen molar-refractivity contribution in [2.24, 2.45) is 0 Å². The molecule has 1 aliphatic rings. The Kier molecular flexibility index (Phi) is 5.20. The molecule has 2 heterocycles. The number of carbonyl (C=O) groups excluding carboxylic acids is 1. The lowest BCUT2D eigenvalue weighted by atomic mass is 10.0. The molecule has 0 aliphatic carbocycles. The van der Waals surface area contributed by atoms with Crippen LogP contribution in [0.1, 0.15) is 12.8 Å². The Labute approximate surface area is 147 Å². The largest absolute Gasteiger partial charge is 0.357 e. The van der Waals surface area contributed by atoms with E-state index in [-0.39, 0.29) is 6.03 Å². The summed E-state index contributed by atoms with van der Waals surface area (Å²) in [6, 6.07) is 13.4. The van der Waals surface area contributed by atoms with Gasteiger partial charge in [-0.05, 0) is 43.2 Å². The van der Waals surface area contributed by atoms with E-state index in [0.717, 1.165) is 37.4 Å². The smallest absolute Gasteiger partial charge is 0.321 e. The minimum atomic E-state index is -0.0730. The molecule has 6 heteroatoms. The van der Waals surface area contributed by atoms with Gasteiger partial charge >= 0.3 is 6.03 Å². The zero-order chi connectivity index (χ0) is 16.9. The second-order valence-electron chi connectivity index (χ2n) is 5.96. The number of carbonyl (C=O) groups is 1. The van der Waals surface area contributed by atoms with Crippen molar-refractivity contribution in [2.75, 3.05) is 30.4 Å². The lowest BCUT2D eigenvalue weighted by Crippen LogP contribution is -2.47. The number of hydrogen-bond acceptors (Lipinski definition) is 3. The van der Waals surface area contributed by atoms with Gasteiger partial charge < -0.3 is 15.1 Å². The maximum absolute atomic E-state index is 12.4. The number of halogens is 1. The monoisotopic (exact) mass is 344 g/mol. The molecule has 1 aliphatic heterocycles. The van der Waals surface area contributed by atoms with Crippen LogP contribution in [-0.2, 0) is 0 Å². The summed E-state index contributed by atoms with van der Waals surface area (Å²) in [5, 5.41) is 3.52. The van der Waals surface area contributed by atoms with Crippen molar-refractivity contribution < 1.29 is 4.79 Å². The summed E-state index contributed by atoms with van der Waals surface area (Å²) in [4.78, 5) is 20.8. The quantitative estimate of drug-likeness (QED) is 0.919. The van der Waals surface area contributed by atoms with Gasteiger partial charge in [0, 0.05) is 43.1 Å². The number of nitrogens with one attached hydrogen (secondary N) is 1. The summed E-state index contributed by atoms with van der Waals surface area (Å²) >= 11 is 5.95. The predicted octanol–water partition coefficient (Wildman–Crippen LogP) is 3.87. The molecule has 1 aromatic carbocycles. The van der Waals surface area contributed by atoms with Crippen LogP contribution in [0.5, 0.6) is 0 Å². The third kappa shape index (κ3) is 3.97. The Morgan fingerprint density at radius 3 is 2.71 bits per heavy atom. The van der Waals surface area contributed by atoms with E-state index >= 15 is 0 Å². The number of nitrogens with zero attached hydrogens (tertiary/aromatic N) is 3. The van der Waals surface area contributed by atoms with Gasteiger partial charge in [-0.25, -0.2) is 9.78 Å². The summed E-state index contributed by atoms with van der Waals surface area (Å²) in [5.74, 6) is 0.972. The van der Waals surface area contributed by atoms with Crippen molar-refractivity contribution in [3.8, 4) is 0 Å². The normalized spacial score (nSPS) is 15.2. The van der Waals surface area contributed by atoms with Crippen LogP contribution in [0.25, 0.3) is 0 Å². The van der Waals surface area contributed by atoms with Gasteiger partial charge in [-0.2, -0.15) is 0 Å².